The number of anilines is 1. The Morgan fingerprint density at radius 1 is 1.30 bits per heavy atom. The Balaban J connectivity index is 2.18. The Kier molecular flexibility index (Phi) is 5.18. The Morgan fingerprint density at radius 3 is 2.74 bits per heavy atom. The van der Waals surface area contributed by atoms with Crippen molar-refractivity contribution in [3.63, 3.8) is 0 Å². The van der Waals surface area contributed by atoms with E-state index < -0.39 is 11.9 Å². The number of carbonyl (C=O) groups excluding carboxylic acids is 2. The highest BCUT2D eigenvalue weighted by Crippen LogP contribution is 2.23. The van der Waals surface area contributed by atoms with Gasteiger partial charge in [-0.3, -0.25) is 9.59 Å². The van der Waals surface area contributed by atoms with E-state index in [0.717, 1.165) is 0 Å². The first-order chi connectivity index (χ1) is 10.9. The minimum Gasteiger partial charge on any atom is -0.465 e. The Morgan fingerprint density at radius 2 is 2.04 bits per heavy atom. The molecule has 1 aromatic heterocycles. The maximum absolute atomic E-state index is 12.1. The summed E-state index contributed by atoms with van der Waals surface area (Å²) >= 11 is 6.01. The number of aryl methyl sites for hydroxylation is 1. The van der Waals surface area contributed by atoms with Crippen molar-refractivity contribution in [3.05, 3.63) is 63.0 Å². The van der Waals surface area contributed by atoms with Crippen LogP contribution in [-0.2, 0) is 16.1 Å². The highest BCUT2D eigenvalue weighted by Gasteiger charge is 2.12. The molecule has 120 valence electrons. The van der Waals surface area contributed by atoms with Crippen molar-refractivity contribution in [3.8, 4) is 0 Å². The zero-order valence-electron chi connectivity index (χ0n) is 12.6. The molecule has 23 heavy (non-hydrogen) atoms. The summed E-state index contributed by atoms with van der Waals surface area (Å²) in [5, 5.41) is 2.87. The molecule has 1 amide bonds. The van der Waals surface area contributed by atoms with E-state index in [1.54, 1.807) is 19.1 Å². The molecule has 7 heteroatoms. The zero-order valence-corrected chi connectivity index (χ0v) is 13.4. The van der Waals surface area contributed by atoms with Crippen LogP contribution in [0.15, 0.2) is 41.3 Å². The van der Waals surface area contributed by atoms with Crippen LogP contribution in [-0.4, -0.2) is 23.6 Å². The number of benzene rings is 1. The van der Waals surface area contributed by atoms with Crippen molar-refractivity contribution < 1.29 is 14.3 Å². The summed E-state index contributed by atoms with van der Waals surface area (Å²) in [7, 11) is 1.26. The van der Waals surface area contributed by atoms with E-state index in [9.17, 15) is 14.4 Å². The molecule has 0 spiro atoms. The second-order valence-corrected chi connectivity index (χ2v) is 5.27. The maximum Gasteiger partial charge on any atom is 0.337 e. The first kappa shape index (κ1) is 16.8. The molecular formula is C16H15ClN2O4. The van der Waals surface area contributed by atoms with Crippen LogP contribution in [0.25, 0.3) is 0 Å². The van der Waals surface area contributed by atoms with E-state index in [0.29, 0.717) is 5.56 Å². The van der Waals surface area contributed by atoms with Crippen molar-refractivity contribution in [1.29, 1.82) is 0 Å². The number of carbonyl (C=O) groups is 2. The van der Waals surface area contributed by atoms with Crippen molar-refractivity contribution in [2.45, 2.75) is 13.5 Å². The Hall–Kier alpha value is -2.60. The second-order valence-electron chi connectivity index (χ2n) is 4.86. The average Bonchev–Trinajstić information content (AvgIpc) is 2.53. The molecule has 2 rings (SSSR count). The van der Waals surface area contributed by atoms with Crippen LogP contribution < -0.4 is 10.9 Å². The van der Waals surface area contributed by atoms with Crippen LogP contribution in [0.2, 0.25) is 5.02 Å². The van der Waals surface area contributed by atoms with Crippen molar-refractivity contribution in [1.82, 2.24) is 4.57 Å². The number of methoxy groups -OCH3 is 1. The van der Waals surface area contributed by atoms with E-state index >= 15 is 0 Å². The van der Waals surface area contributed by atoms with Gasteiger partial charge in [0.2, 0.25) is 5.91 Å². The first-order valence-corrected chi connectivity index (χ1v) is 7.14. The standard InChI is InChI=1S/C16H15ClN2O4/c1-10-4-3-7-19(15(10)21)9-14(20)18-13-8-11(16(22)23-2)5-6-12(13)17/h3-8H,9H2,1-2H3,(H,18,20). The number of halogens is 1. The molecule has 1 heterocycles. The van der Waals surface area contributed by atoms with Gasteiger partial charge in [-0.15, -0.1) is 0 Å². The lowest BCUT2D eigenvalue weighted by molar-refractivity contribution is -0.116. The molecule has 6 nitrogen and oxygen atoms in total. The summed E-state index contributed by atoms with van der Waals surface area (Å²) in [6, 6.07) is 7.77. The molecule has 0 aliphatic rings. The zero-order chi connectivity index (χ0) is 17.0. The summed E-state index contributed by atoms with van der Waals surface area (Å²) in [4.78, 5) is 35.5. The van der Waals surface area contributed by atoms with Crippen LogP contribution in [0.5, 0.6) is 0 Å². The molecule has 0 bridgehead atoms. The topological polar surface area (TPSA) is 77.4 Å². The van der Waals surface area contributed by atoms with Gasteiger partial charge in [-0.25, -0.2) is 4.79 Å². The average molecular weight is 335 g/mol. The minimum atomic E-state index is -0.535. The number of hydrogen-bond acceptors (Lipinski definition) is 4. The fourth-order valence-electron chi connectivity index (χ4n) is 1.99. The van der Waals surface area contributed by atoms with Gasteiger partial charge in [-0.2, -0.15) is 0 Å². The lowest BCUT2D eigenvalue weighted by atomic mass is 10.2. The smallest absolute Gasteiger partial charge is 0.337 e. The third-order valence-electron chi connectivity index (χ3n) is 3.19. The number of esters is 1. The number of hydrogen-bond donors (Lipinski definition) is 1. The van der Waals surface area contributed by atoms with Crippen LogP contribution in [0.3, 0.4) is 0 Å². The van der Waals surface area contributed by atoms with Gasteiger partial charge >= 0.3 is 5.97 Å². The molecule has 0 radical (unpaired) electrons. The van der Waals surface area contributed by atoms with Gasteiger partial charge in [0, 0.05) is 11.8 Å². The monoisotopic (exact) mass is 334 g/mol. The Labute approximate surface area is 137 Å². The number of pyridine rings is 1. The molecule has 2 aromatic rings. The molecular weight excluding hydrogens is 320 g/mol. The Bertz CT molecular complexity index is 814. The molecule has 0 aliphatic heterocycles. The van der Waals surface area contributed by atoms with E-state index in [2.05, 4.69) is 10.1 Å². The molecule has 1 aromatic carbocycles. The van der Waals surface area contributed by atoms with Crippen LogP contribution in [0.4, 0.5) is 5.69 Å². The predicted molar refractivity (Wildman–Crippen MR) is 86.9 cm³/mol. The van der Waals surface area contributed by atoms with Gasteiger partial charge in [0.25, 0.3) is 5.56 Å². The molecule has 0 aliphatic carbocycles. The number of ether oxygens (including phenoxy) is 1. The SMILES string of the molecule is COC(=O)c1ccc(Cl)c(NC(=O)Cn2cccc(C)c2=O)c1. The van der Waals surface area contributed by atoms with Gasteiger partial charge < -0.3 is 14.6 Å². The number of rotatable bonds is 4. The molecule has 0 saturated carbocycles. The van der Waals surface area contributed by atoms with E-state index in [4.69, 9.17) is 11.6 Å². The largest absolute Gasteiger partial charge is 0.465 e. The van der Waals surface area contributed by atoms with Gasteiger partial charge in [0.05, 0.1) is 23.4 Å². The first-order valence-electron chi connectivity index (χ1n) is 6.76. The second kappa shape index (κ2) is 7.11. The molecule has 0 atom stereocenters. The summed E-state index contributed by atoms with van der Waals surface area (Å²) < 4.78 is 5.91. The van der Waals surface area contributed by atoms with Crippen LogP contribution >= 0.6 is 11.6 Å². The number of nitrogens with zero attached hydrogens (tertiary/aromatic N) is 1. The third-order valence-corrected chi connectivity index (χ3v) is 3.52. The summed E-state index contributed by atoms with van der Waals surface area (Å²) in [6.07, 6.45) is 1.53. The van der Waals surface area contributed by atoms with E-state index in [-0.39, 0.29) is 28.4 Å². The fourth-order valence-corrected chi connectivity index (χ4v) is 2.16. The van der Waals surface area contributed by atoms with E-state index in [1.165, 1.54) is 36.1 Å². The molecule has 1 N–H and O–H groups in total. The van der Waals surface area contributed by atoms with Gasteiger partial charge in [-0.1, -0.05) is 17.7 Å². The molecule has 0 unspecified atom stereocenters. The predicted octanol–water partition coefficient (Wildman–Crippen LogP) is 2.24. The lowest BCUT2D eigenvalue weighted by Crippen LogP contribution is -2.28. The lowest BCUT2D eigenvalue weighted by Gasteiger charge is -2.10. The van der Waals surface area contributed by atoms with Gasteiger partial charge in [0.15, 0.2) is 0 Å². The van der Waals surface area contributed by atoms with Gasteiger partial charge in [0.1, 0.15) is 6.54 Å². The van der Waals surface area contributed by atoms with Gasteiger partial charge in [-0.05, 0) is 31.2 Å². The number of aromatic nitrogens is 1. The maximum atomic E-state index is 12.1. The molecule has 0 fully saturated rings. The van der Waals surface area contributed by atoms with Crippen molar-refractivity contribution >= 4 is 29.2 Å². The fraction of sp³-hybridized carbons (Fsp3) is 0.188. The van der Waals surface area contributed by atoms with Crippen LogP contribution in [0.1, 0.15) is 15.9 Å². The van der Waals surface area contributed by atoms with E-state index in [1.807, 2.05) is 0 Å². The summed E-state index contributed by atoms with van der Waals surface area (Å²) in [5.74, 6) is -0.964. The number of nitrogens with one attached hydrogen (secondary N) is 1. The minimum absolute atomic E-state index is 0.153. The molecule has 0 saturated heterocycles. The highest BCUT2D eigenvalue weighted by molar-refractivity contribution is 6.33. The normalized spacial score (nSPS) is 10.2. The highest BCUT2D eigenvalue weighted by atomic mass is 35.5. The summed E-state index contributed by atoms with van der Waals surface area (Å²) in [6.45, 7) is 1.52. The number of amides is 1. The third kappa shape index (κ3) is 3.98. The van der Waals surface area contributed by atoms with Crippen molar-refractivity contribution in [2.24, 2.45) is 0 Å². The van der Waals surface area contributed by atoms with Crippen molar-refractivity contribution in [2.75, 3.05) is 12.4 Å². The van der Waals surface area contributed by atoms with Crippen LogP contribution in [0, 0.1) is 6.92 Å². The quantitative estimate of drug-likeness (QED) is 0.870. The summed E-state index contributed by atoms with van der Waals surface area (Å²) in [5.41, 5.74) is 0.850.